The van der Waals surface area contributed by atoms with E-state index in [0.29, 0.717) is 23.1 Å². The molecule has 5 nitrogen and oxygen atoms in total. The molecule has 0 heterocycles. The van der Waals surface area contributed by atoms with Gasteiger partial charge in [0.1, 0.15) is 0 Å². The molecule has 6 heteroatoms. The molecule has 0 radical (unpaired) electrons. The molecule has 1 rings (SSSR count). The average molecular weight is 290 g/mol. The summed E-state index contributed by atoms with van der Waals surface area (Å²) in [4.78, 5) is 0. The van der Waals surface area contributed by atoms with Gasteiger partial charge in [0.15, 0.2) is 11.5 Å². The Hall–Kier alpha value is -1.01. The smallest absolute Gasteiger partial charge is 0.179 e. The van der Waals surface area contributed by atoms with E-state index in [1.165, 1.54) is 7.11 Å². The molecular formula is C13H20ClNO4. The molecule has 3 N–H and O–H groups in total. The van der Waals surface area contributed by atoms with Gasteiger partial charge in [0.25, 0.3) is 0 Å². The Morgan fingerprint density at radius 1 is 1.21 bits per heavy atom. The van der Waals surface area contributed by atoms with Crippen molar-refractivity contribution in [3.63, 3.8) is 0 Å². The maximum absolute atomic E-state index is 9.22. The number of halogens is 1. The lowest BCUT2D eigenvalue weighted by Crippen LogP contribution is -2.48. The summed E-state index contributed by atoms with van der Waals surface area (Å²) in [5, 5.41) is 21.9. The second kappa shape index (κ2) is 6.96. The minimum atomic E-state index is -0.753. The highest BCUT2D eigenvalue weighted by Gasteiger charge is 2.22. The second-order valence-corrected chi connectivity index (χ2v) is 4.88. The van der Waals surface area contributed by atoms with Crippen LogP contribution >= 0.6 is 11.6 Å². The van der Waals surface area contributed by atoms with Crippen molar-refractivity contribution in [2.24, 2.45) is 0 Å². The minimum absolute atomic E-state index is 0.172. The van der Waals surface area contributed by atoms with Crippen LogP contribution in [0, 0.1) is 0 Å². The van der Waals surface area contributed by atoms with E-state index in [4.69, 9.17) is 21.1 Å². The van der Waals surface area contributed by atoms with Crippen LogP contribution < -0.4 is 14.8 Å². The van der Waals surface area contributed by atoms with Gasteiger partial charge in [0.2, 0.25) is 0 Å². The van der Waals surface area contributed by atoms with Gasteiger partial charge in [-0.1, -0.05) is 17.7 Å². The summed E-state index contributed by atoms with van der Waals surface area (Å²) in [6.45, 7) is 1.78. The number of methoxy groups -OCH3 is 2. The molecule has 1 aromatic rings. The third-order valence-electron chi connectivity index (χ3n) is 2.97. The van der Waals surface area contributed by atoms with E-state index in [0.717, 1.165) is 5.56 Å². The molecular weight excluding hydrogens is 270 g/mol. The molecule has 0 fully saturated rings. The Morgan fingerprint density at radius 3 is 2.32 bits per heavy atom. The molecule has 0 amide bonds. The van der Waals surface area contributed by atoms with E-state index in [9.17, 15) is 10.2 Å². The number of nitrogens with one attached hydrogen (secondary N) is 1. The average Bonchev–Trinajstić information content (AvgIpc) is 2.45. The Bertz CT molecular complexity index is 421. The van der Waals surface area contributed by atoms with E-state index < -0.39 is 5.54 Å². The lowest BCUT2D eigenvalue weighted by Gasteiger charge is -2.26. The first-order chi connectivity index (χ1) is 9.01. The lowest BCUT2D eigenvalue weighted by atomic mass is 10.0. The molecule has 0 spiro atoms. The first-order valence-electron chi connectivity index (χ1n) is 5.87. The van der Waals surface area contributed by atoms with Crippen molar-refractivity contribution in [2.75, 3.05) is 27.4 Å². The van der Waals surface area contributed by atoms with Crippen molar-refractivity contribution in [2.45, 2.75) is 19.0 Å². The monoisotopic (exact) mass is 289 g/mol. The standard InChI is InChI=1S/C13H20ClNO4/c1-13(7-16,8-17)15-6-9-4-5-10(18-2)12(19-3)11(9)14/h4-5,15-17H,6-8H2,1-3H3. The fourth-order valence-electron chi connectivity index (χ4n) is 1.54. The molecule has 19 heavy (non-hydrogen) atoms. The third kappa shape index (κ3) is 3.73. The van der Waals surface area contributed by atoms with E-state index in [2.05, 4.69) is 5.32 Å². The Labute approximate surface area is 118 Å². The van der Waals surface area contributed by atoms with Crippen LogP contribution in [0.5, 0.6) is 11.5 Å². The highest BCUT2D eigenvalue weighted by Crippen LogP contribution is 2.37. The van der Waals surface area contributed by atoms with Gasteiger partial charge >= 0.3 is 0 Å². The van der Waals surface area contributed by atoms with Crippen LogP contribution in [0.2, 0.25) is 5.02 Å². The number of aliphatic hydroxyl groups is 2. The van der Waals surface area contributed by atoms with Crippen molar-refractivity contribution < 1.29 is 19.7 Å². The zero-order valence-corrected chi connectivity index (χ0v) is 12.1. The first-order valence-corrected chi connectivity index (χ1v) is 6.25. The Morgan fingerprint density at radius 2 is 1.84 bits per heavy atom. The SMILES string of the molecule is COc1ccc(CNC(C)(CO)CO)c(Cl)c1OC. The molecule has 0 aliphatic carbocycles. The number of rotatable bonds is 7. The molecule has 0 saturated heterocycles. The van der Waals surface area contributed by atoms with Crippen LogP contribution in [0.1, 0.15) is 12.5 Å². The predicted molar refractivity (Wildman–Crippen MR) is 74.0 cm³/mol. The summed E-state index contributed by atoms with van der Waals surface area (Å²) in [6.07, 6.45) is 0. The summed E-state index contributed by atoms with van der Waals surface area (Å²) in [7, 11) is 3.06. The quantitative estimate of drug-likeness (QED) is 0.703. The maximum Gasteiger partial charge on any atom is 0.179 e. The van der Waals surface area contributed by atoms with Gasteiger partial charge in [0, 0.05) is 6.54 Å². The number of aliphatic hydroxyl groups excluding tert-OH is 2. The van der Waals surface area contributed by atoms with Gasteiger partial charge in [-0.25, -0.2) is 0 Å². The van der Waals surface area contributed by atoms with Gasteiger partial charge in [-0.15, -0.1) is 0 Å². The fourth-order valence-corrected chi connectivity index (χ4v) is 1.84. The normalized spacial score (nSPS) is 11.5. The van der Waals surface area contributed by atoms with Crippen LogP contribution in [-0.4, -0.2) is 43.2 Å². The van der Waals surface area contributed by atoms with E-state index >= 15 is 0 Å². The summed E-state index contributed by atoms with van der Waals surface area (Å²) < 4.78 is 10.4. The van der Waals surface area contributed by atoms with Gasteiger partial charge in [-0.3, -0.25) is 0 Å². The molecule has 108 valence electrons. The van der Waals surface area contributed by atoms with E-state index in [-0.39, 0.29) is 13.2 Å². The predicted octanol–water partition coefficient (Wildman–Crippen LogP) is 1.19. The summed E-state index contributed by atoms with van der Waals surface area (Å²) in [5.74, 6) is 1.03. The topological polar surface area (TPSA) is 71.0 Å². The van der Waals surface area contributed by atoms with Crippen LogP contribution in [0.3, 0.4) is 0 Å². The molecule has 0 aromatic heterocycles. The van der Waals surface area contributed by atoms with Crippen molar-refractivity contribution in [1.29, 1.82) is 0 Å². The van der Waals surface area contributed by atoms with Crippen molar-refractivity contribution >= 4 is 11.6 Å². The van der Waals surface area contributed by atoms with Gasteiger partial charge < -0.3 is 25.0 Å². The zero-order chi connectivity index (χ0) is 14.5. The van der Waals surface area contributed by atoms with Crippen LogP contribution in [-0.2, 0) is 6.54 Å². The number of ether oxygens (including phenoxy) is 2. The highest BCUT2D eigenvalue weighted by atomic mass is 35.5. The third-order valence-corrected chi connectivity index (χ3v) is 3.38. The largest absolute Gasteiger partial charge is 0.493 e. The second-order valence-electron chi connectivity index (χ2n) is 4.50. The van der Waals surface area contributed by atoms with E-state index in [1.807, 2.05) is 6.07 Å². The van der Waals surface area contributed by atoms with Gasteiger partial charge in [0.05, 0.1) is 38.0 Å². The molecule has 0 unspecified atom stereocenters. The van der Waals surface area contributed by atoms with Crippen LogP contribution in [0.25, 0.3) is 0 Å². The molecule has 0 aliphatic rings. The van der Waals surface area contributed by atoms with Crippen molar-refractivity contribution in [3.8, 4) is 11.5 Å². The van der Waals surface area contributed by atoms with Crippen molar-refractivity contribution in [1.82, 2.24) is 5.32 Å². The highest BCUT2D eigenvalue weighted by molar-refractivity contribution is 6.33. The Balaban J connectivity index is 2.91. The summed E-state index contributed by atoms with van der Waals surface area (Å²) >= 11 is 6.24. The molecule has 0 bridgehead atoms. The fraction of sp³-hybridized carbons (Fsp3) is 0.538. The minimum Gasteiger partial charge on any atom is -0.493 e. The molecule has 0 saturated carbocycles. The van der Waals surface area contributed by atoms with Crippen molar-refractivity contribution in [3.05, 3.63) is 22.7 Å². The van der Waals surface area contributed by atoms with E-state index in [1.54, 1.807) is 20.1 Å². The molecule has 1 aromatic carbocycles. The summed E-state index contributed by atoms with van der Waals surface area (Å²) in [5.41, 5.74) is 0.0451. The lowest BCUT2D eigenvalue weighted by molar-refractivity contribution is 0.103. The first kappa shape index (κ1) is 16.0. The van der Waals surface area contributed by atoms with Gasteiger partial charge in [-0.2, -0.15) is 0 Å². The molecule has 0 aliphatic heterocycles. The number of hydrogen-bond acceptors (Lipinski definition) is 5. The molecule has 0 atom stereocenters. The van der Waals surface area contributed by atoms with Crippen LogP contribution in [0.15, 0.2) is 12.1 Å². The summed E-state index contributed by atoms with van der Waals surface area (Å²) in [6, 6.07) is 3.57. The number of benzene rings is 1. The van der Waals surface area contributed by atoms with Gasteiger partial charge in [-0.05, 0) is 18.6 Å². The zero-order valence-electron chi connectivity index (χ0n) is 11.4. The van der Waals surface area contributed by atoms with Crippen LogP contribution in [0.4, 0.5) is 0 Å². The number of hydrogen-bond donors (Lipinski definition) is 3. The maximum atomic E-state index is 9.22. The Kier molecular flexibility index (Phi) is 5.87.